The van der Waals surface area contributed by atoms with E-state index in [1.807, 2.05) is 6.92 Å². The predicted octanol–water partition coefficient (Wildman–Crippen LogP) is 2.74. The van der Waals surface area contributed by atoms with Crippen LogP contribution in [0, 0.1) is 10.1 Å². The fourth-order valence-corrected chi connectivity index (χ4v) is 3.43. The topological polar surface area (TPSA) is 89.3 Å². The van der Waals surface area contributed by atoms with Crippen LogP contribution in [0.3, 0.4) is 0 Å². The minimum Gasteiger partial charge on any atom is -0.374 e. The van der Waals surface area contributed by atoms with Gasteiger partial charge in [-0.2, -0.15) is 0 Å². The summed E-state index contributed by atoms with van der Waals surface area (Å²) in [7, 11) is -3.63. The lowest BCUT2D eigenvalue weighted by Crippen LogP contribution is -2.44. The van der Waals surface area contributed by atoms with Gasteiger partial charge in [0.15, 0.2) is 9.84 Å². The Morgan fingerprint density at radius 2 is 2.05 bits per heavy atom. The number of para-hydroxylation sites is 1. The summed E-state index contributed by atoms with van der Waals surface area (Å²) in [5.41, 5.74) is -0.199. The molecule has 0 spiro atoms. The van der Waals surface area contributed by atoms with Gasteiger partial charge in [-0.1, -0.05) is 13.0 Å². The minimum absolute atomic E-state index is 0.138. The van der Waals surface area contributed by atoms with Gasteiger partial charge in [-0.3, -0.25) is 10.1 Å². The van der Waals surface area contributed by atoms with Crippen molar-refractivity contribution in [3.05, 3.63) is 28.3 Å². The summed E-state index contributed by atoms with van der Waals surface area (Å²) in [5.74, 6) is 0. The van der Waals surface area contributed by atoms with E-state index in [9.17, 15) is 18.5 Å². The smallest absolute Gasteiger partial charge is 0.310 e. The first-order chi connectivity index (χ1) is 9.29. The molecule has 0 saturated heterocycles. The molecule has 0 aliphatic heterocycles. The van der Waals surface area contributed by atoms with Gasteiger partial charge in [0.2, 0.25) is 0 Å². The van der Waals surface area contributed by atoms with Gasteiger partial charge in [-0.15, -0.1) is 0 Å². The van der Waals surface area contributed by atoms with Gasteiger partial charge in [-0.25, -0.2) is 8.42 Å². The highest BCUT2D eigenvalue weighted by atomic mass is 32.2. The number of anilines is 1. The van der Waals surface area contributed by atoms with Crippen LogP contribution in [0.1, 0.15) is 32.6 Å². The highest BCUT2D eigenvalue weighted by Crippen LogP contribution is 2.41. The van der Waals surface area contributed by atoms with Crippen molar-refractivity contribution >= 4 is 21.2 Å². The summed E-state index contributed by atoms with van der Waals surface area (Å²) in [4.78, 5) is 10.4. The Labute approximate surface area is 118 Å². The van der Waals surface area contributed by atoms with Crippen molar-refractivity contribution in [2.45, 2.75) is 43.0 Å². The van der Waals surface area contributed by atoms with Gasteiger partial charge in [0.05, 0.1) is 4.92 Å². The second kappa shape index (κ2) is 5.05. The Morgan fingerprint density at radius 1 is 1.40 bits per heavy atom. The summed E-state index contributed by atoms with van der Waals surface area (Å²) in [6.07, 6.45) is 4.82. The standard InChI is InChI=1S/C13H18N2O4S/c1-3-13(8-5-9-13)14-10-6-4-7-11(20(2,18)19)12(10)15(16)17/h4,6-7,14H,3,5,8-9H2,1-2H3. The van der Waals surface area contributed by atoms with Crippen LogP contribution in [0.4, 0.5) is 11.4 Å². The molecule has 0 unspecified atom stereocenters. The lowest BCUT2D eigenvalue weighted by atomic mass is 9.74. The molecule has 20 heavy (non-hydrogen) atoms. The zero-order chi connectivity index (χ0) is 15.0. The quantitative estimate of drug-likeness (QED) is 0.667. The maximum atomic E-state index is 11.7. The largest absolute Gasteiger partial charge is 0.374 e. The van der Waals surface area contributed by atoms with E-state index < -0.39 is 14.8 Å². The summed E-state index contributed by atoms with van der Waals surface area (Å²) < 4.78 is 23.4. The Kier molecular flexibility index (Phi) is 3.73. The van der Waals surface area contributed by atoms with E-state index in [2.05, 4.69) is 5.32 Å². The zero-order valence-corrected chi connectivity index (χ0v) is 12.4. The van der Waals surface area contributed by atoms with E-state index >= 15 is 0 Å². The first-order valence-electron chi connectivity index (χ1n) is 6.55. The fraction of sp³-hybridized carbons (Fsp3) is 0.538. The number of nitro benzene ring substituents is 1. The van der Waals surface area contributed by atoms with Crippen LogP contribution in [0.15, 0.2) is 23.1 Å². The molecule has 1 aliphatic carbocycles. The Balaban J connectivity index is 2.51. The van der Waals surface area contributed by atoms with Gasteiger partial charge in [0.25, 0.3) is 0 Å². The van der Waals surface area contributed by atoms with Crippen molar-refractivity contribution in [1.29, 1.82) is 0 Å². The number of rotatable bonds is 5. The molecular weight excluding hydrogens is 280 g/mol. The molecule has 1 saturated carbocycles. The van der Waals surface area contributed by atoms with Crippen molar-refractivity contribution in [2.24, 2.45) is 0 Å². The molecule has 1 fully saturated rings. The highest BCUT2D eigenvalue weighted by Gasteiger charge is 2.37. The van der Waals surface area contributed by atoms with E-state index in [0.717, 1.165) is 31.9 Å². The molecule has 7 heteroatoms. The molecule has 6 nitrogen and oxygen atoms in total. The van der Waals surface area contributed by atoms with E-state index in [1.54, 1.807) is 6.07 Å². The van der Waals surface area contributed by atoms with Gasteiger partial charge < -0.3 is 5.32 Å². The second-order valence-corrected chi connectivity index (χ2v) is 7.28. The molecule has 0 aromatic heterocycles. The summed E-state index contributed by atoms with van der Waals surface area (Å²) >= 11 is 0. The SMILES string of the molecule is CCC1(Nc2cccc(S(C)(=O)=O)c2[N+](=O)[O-])CCC1. The lowest BCUT2D eigenvalue weighted by Gasteiger charge is -2.42. The number of nitrogens with one attached hydrogen (secondary N) is 1. The van der Waals surface area contributed by atoms with Gasteiger partial charge >= 0.3 is 5.69 Å². The first-order valence-corrected chi connectivity index (χ1v) is 8.44. The molecule has 0 heterocycles. The van der Waals surface area contributed by atoms with Crippen molar-refractivity contribution in [3.8, 4) is 0 Å². The van der Waals surface area contributed by atoms with Crippen LogP contribution in [-0.4, -0.2) is 25.1 Å². The molecule has 1 aliphatic rings. The van der Waals surface area contributed by atoms with Crippen LogP contribution >= 0.6 is 0 Å². The van der Waals surface area contributed by atoms with Crippen molar-refractivity contribution < 1.29 is 13.3 Å². The molecule has 0 atom stereocenters. The maximum absolute atomic E-state index is 11.7. The fourth-order valence-electron chi connectivity index (χ4n) is 2.57. The Hall–Kier alpha value is -1.63. The number of sulfone groups is 1. The monoisotopic (exact) mass is 298 g/mol. The molecule has 1 N–H and O–H groups in total. The average Bonchev–Trinajstić information content (AvgIpc) is 2.32. The lowest BCUT2D eigenvalue weighted by molar-refractivity contribution is -0.386. The zero-order valence-electron chi connectivity index (χ0n) is 11.5. The average molecular weight is 298 g/mol. The number of benzene rings is 1. The summed E-state index contributed by atoms with van der Waals surface area (Å²) in [6.45, 7) is 2.03. The van der Waals surface area contributed by atoms with Gasteiger partial charge in [0, 0.05) is 11.8 Å². The number of hydrogen-bond acceptors (Lipinski definition) is 5. The number of nitro groups is 1. The van der Waals surface area contributed by atoms with E-state index in [0.29, 0.717) is 5.69 Å². The third kappa shape index (κ3) is 2.63. The maximum Gasteiger partial charge on any atom is 0.310 e. The number of nitrogens with zero attached hydrogens (tertiary/aromatic N) is 1. The van der Waals surface area contributed by atoms with E-state index in [1.165, 1.54) is 12.1 Å². The van der Waals surface area contributed by atoms with Crippen molar-refractivity contribution in [3.63, 3.8) is 0 Å². The molecular formula is C13H18N2O4S. The molecule has 0 radical (unpaired) electrons. The Morgan fingerprint density at radius 3 is 2.45 bits per heavy atom. The van der Waals surface area contributed by atoms with Crippen LogP contribution < -0.4 is 5.32 Å². The molecule has 2 rings (SSSR count). The minimum atomic E-state index is -3.63. The molecule has 1 aromatic rings. The van der Waals surface area contributed by atoms with E-state index in [-0.39, 0.29) is 16.1 Å². The third-order valence-corrected chi connectivity index (χ3v) is 5.10. The number of hydrogen-bond donors (Lipinski definition) is 1. The normalized spacial score (nSPS) is 17.3. The van der Waals surface area contributed by atoms with Crippen molar-refractivity contribution in [1.82, 2.24) is 0 Å². The van der Waals surface area contributed by atoms with Crippen molar-refractivity contribution in [2.75, 3.05) is 11.6 Å². The van der Waals surface area contributed by atoms with Crippen LogP contribution in [0.25, 0.3) is 0 Å². The van der Waals surface area contributed by atoms with E-state index in [4.69, 9.17) is 0 Å². The highest BCUT2D eigenvalue weighted by molar-refractivity contribution is 7.90. The Bertz CT molecular complexity index is 630. The molecule has 110 valence electrons. The molecule has 1 aromatic carbocycles. The van der Waals surface area contributed by atoms with Gasteiger partial charge in [0.1, 0.15) is 10.6 Å². The molecule has 0 bridgehead atoms. The van der Waals surface area contributed by atoms with Crippen LogP contribution in [0.5, 0.6) is 0 Å². The first kappa shape index (κ1) is 14.8. The third-order valence-electron chi connectivity index (χ3n) is 3.97. The predicted molar refractivity (Wildman–Crippen MR) is 76.7 cm³/mol. The van der Waals surface area contributed by atoms with Gasteiger partial charge in [-0.05, 0) is 37.8 Å². The van der Waals surface area contributed by atoms with Crippen LogP contribution in [-0.2, 0) is 9.84 Å². The second-order valence-electron chi connectivity index (χ2n) is 5.29. The summed E-state index contributed by atoms with van der Waals surface area (Å²) in [6, 6.07) is 4.38. The van der Waals surface area contributed by atoms with Crippen LogP contribution in [0.2, 0.25) is 0 Å². The summed E-state index contributed by atoms with van der Waals surface area (Å²) in [5, 5.41) is 14.5. The molecule has 0 amide bonds.